The van der Waals surface area contributed by atoms with Gasteiger partial charge in [0.15, 0.2) is 0 Å². The van der Waals surface area contributed by atoms with Crippen LogP contribution in [0.1, 0.15) is 25.0 Å². The zero-order chi connectivity index (χ0) is 18.8. The molecule has 2 heterocycles. The van der Waals surface area contributed by atoms with Crippen molar-refractivity contribution in [3.05, 3.63) is 47.3 Å². The number of esters is 1. The summed E-state index contributed by atoms with van der Waals surface area (Å²) in [6.07, 6.45) is -0.845. The molecular weight excluding hydrogens is 343 g/mol. The molecule has 3 rings (SSSR count). The largest absolute Gasteiger partial charge is 0.474 e. The lowest BCUT2D eigenvalue weighted by atomic mass is 10.0. The minimum atomic E-state index is -1.13. The molecule has 0 spiro atoms. The van der Waals surface area contributed by atoms with E-state index in [1.807, 2.05) is 0 Å². The van der Waals surface area contributed by atoms with Crippen molar-refractivity contribution in [2.75, 3.05) is 11.5 Å². The highest BCUT2D eigenvalue weighted by Gasteiger charge is 2.32. The normalized spacial score (nSPS) is 15.8. The van der Waals surface area contributed by atoms with E-state index in [-0.39, 0.29) is 42.3 Å². The molecule has 0 radical (unpaired) electrons. The van der Waals surface area contributed by atoms with Crippen molar-refractivity contribution in [1.29, 1.82) is 0 Å². The molecule has 1 N–H and O–H groups in total. The van der Waals surface area contributed by atoms with Crippen LogP contribution in [0.4, 0.5) is 14.9 Å². The van der Waals surface area contributed by atoms with Crippen LogP contribution in [-0.4, -0.2) is 34.8 Å². The maximum atomic E-state index is 13.1. The Hall–Kier alpha value is -3.16. The molecule has 1 atom stereocenters. The van der Waals surface area contributed by atoms with E-state index in [9.17, 15) is 19.1 Å². The van der Waals surface area contributed by atoms with Crippen molar-refractivity contribution in [2.24, 2.45) is 0 Å². The average molecular weight is 360 g/mol. The third kappa shape index (κ3) is 3.58. The highest BCUT2D eigenvalue weighted by molar-refractivity contribution is 5.89. The molecule has 0 bridgehead atoms. The molecule has 2 aromatic rings. The second-order valence-electron chi connectivity index (χ2n) is 5.99. The van der Waals surface area contributed by atoms with Crippen molar-refractivity contribution in [3.63, 3.8) is 0 Å². The Morgan fingerprint density at radius 2 is 2.08 bits per heavy atom. The van der Waals surface area contributed by atoms with Gasteiger partial charge in [0, 0.05) is 18.9 Å². The van der Waals surface area contributed by atoms with E-state index >= 15 is 0 Å². The van der Waals surface area contributed by atoms with Gasteiger partial charge in [0.25, 0.3) is 0 Å². The molecule has 1 aromatic carbocycles. The Labute approximate surface area is 149 Å². The quantitative estimate of drug-likeness (QED) is 0.847. The zero-order valence-corrected chi connectivity index (χ0v) is 14.2. The van der Waals surface area contributed by atoms with Crippen molar-refractivity contribution in [1.82, 2.24) is 4.98 Å². The number of pyridine rings is 1. The van der Waals surface area contributed by atoms with Crippen LogP contribution in [-0.2, 0) is 11.2 Å². The van der Waals surface area contributed by atoms with Gasteiger partial charge in [-0.2, -0.15) is 4.98 Å². The fourth-order valence-electron chi connectivity index (χ4n) is 2.77. The SMILES string of the molecule is CC(=O)Oc1nc2c(cc1Cc1ccc(F)cc1)N(C(=O)O)[C@@H](C)CO2. The van der Waals surface area contributed by atoms with Gasteiger partial charge in [-0.1, -0.05) is 12.1 Å². The summed E-state index contributed by atoms with van der Waals surface area (Å²) in [6, 6.07) is 7.03. The van der Waals surface area contributed by atoms with E-state index in [0.29, 0.717) is 5.56 Å². The van der Waals surface area contributed by atoms with Crippen LogP contribution in [0.2, 0.25) is 0 Å². The third-order valence-electron chi connectivity index (χ3n) is 3.92. The number of hydrogen-bond acceptors (Lipinski definition) is 5. The summed E-state index contributed by atoms with van der Waals surface area (Å²) in [6.45, 7) is 3.11. The summed E-state index contributed by atoms with van der Waals surface area (Å²) < 4.78 is 23.8. The van der Waals surface area contributed by atoms with Gasteiger partial charge < -0.3 is 14.6 Å². The molecule has 1 aliphatic rings. The van der Waals surface area contributed by atoms with Crippen LogP contribution in [0.3, 0.4) is 0 Å². The van der Waals surface area contributed by atoms with E-state index < -0.39 is 12.1 Å². The summed E-state index contributed by atoms with van der Waals surface area (Å²) >= 11 is 0. The second kappa shape index (κ2) is 6.99. The van der Waals surface area contributed by atoms with E-state index in [0.717, 1.165) is 10.5 Å². The molecular formula is C18H17FN2O5. The van der Waals surface area contributed by atoms with Gasteiger partial charge >= 0.3 is 12.1 Å². The summed E-state index contributed by atoms with van der Waals surface area (Å²) in [7, 11) is 0. The Balaban J connectivity index is 2.06. The van der Waals surface area contributed by atoms with Crippen molar-refractivity contribution in [3.8, 4) is 11.8 Å². The Kier molecular flexibility index (Phi) is 4.75. The van der Waals surface area contributed by atoms with Gasteiger partial charge in [-0.3, -0.25) is 9.69 Å². The highest BCUT2D eigenvalue weighted by atomic mass is 19.1. The average Bonchev–Trinajstić information content (AvgIpc) is 2.56. The van der Waals surface area contributed by atoms with Gasteiger partial charge in [-0.15, -0.1) is 0 Å². The number of benzene rings is 1. The number of fused-ring (bicyclic) bond motifs is 1. The number of hydrogen-bond donors (Lipinski definition) is 1. The minimum Gasteiger partial charge on any atom is -0.474 e. The minimum absolute atomic E-state index is 0.0421. The van der Waals surface area contributed by atoms with Gasteiger partial charge in [0.05, 0.1) is 6.04 Å². The fraction of sp³-hybridized carbons (Fsp3) is 0.278. The molecule has 0 saturated carbocycles. The Bertz CT molecular complexity index is 853. The molecule has 7 nitrogen and oxygen atoms in total. The second-order valence-corrected chi connectivity index (χ2v) is 5.99. The molecule has 0 aliphatic carbocycles. The Morgan fingerprint density at radius 3 is 2.69 bits per heavy atom. The summed E-state index contributed by atoms with van der Waals surface area (Å²) in [5.41, 5.74) is 1.53. The van der Waals surface area contributed by atoms with Gasteiger partial charge in [0.2, 0.25) is 11.8 Å². The molecule has 0 unspecified atom stereocenters. The number of carbonyl (C=O) groups excluding carboxylic acids is 1. The smallest absolute Gasteiger partial charge is 0.412 e. The lowest BCUT2D eigenvalue weighted by molar-refractivity contribution is -0.132. The van der Waals surface area contributed by atoms with Crippen molar-refractivity contribution in [2.45, 2.75) is 26.3 Å². The number of anilines is 1. The summed E-state index contributed by atoms with van der Waals surface area (Å²) in [4.78, 5) is 28.4. The summed E-state index contributed by atoms with van der Waals surface area (Å²) in [5, 5.41) is 9.50. The molecule has 0 saturated heterocycles. The van der Waals surface area contributed by atoms with Gasteiger partial charge in [-0.05, 0) is 30.7 Å². The van der Waals surface area contributed by atoms with Crippen LogP contribution in [0.25, 0.3) is 0 Å². The number of ether oxygens (including phenoxy) is 2. The van der Waals surface area contributed by atoms with Crippen LogP contribution in [0, 0.1) is 5.82 Å². The van der Waals surface area contributed by atoms with Crippen molar-refractivity contribution < 1.29 is 28.6 Å². The molecule has 1 aliphatic heterocycles. The maximum Gasteiger partial charge on any atom is 0.412 e. The molecule has 1 aromatic heterocycles. The molecule has 0 fully saturated rings. The molecule has 26 heavy (non-hydrogen) atoms. The first-order valence-electron chi connectivity index (χ1n) is 7.97. The number of nitrogens with zero attached hydrogens (tertiary/aromatic N) is 2. The lowest BCUT2D eigenvalue weighted by Gasteiger charge is -2.32. The van der Waals surface area contributed by atoms with E-state index in [1.54, 1.807) is 25.1 Å². The van der Waals surface area contributed by atoms with Crippen LogP contribution in [0.5, 0.6) is 11.8 Å². The van der Waals surface area contributed by atoms with E-state index in [4.69, 9.17) is 9.47 Å². The molecule has 136 valence electrons. The molecule has 8 heteroatoms. The summed E-state index contributed by atoms with van der Waals surface area (Å²) in [5.74, 6) is -0.793. The van der Waals surface area contributed by atoms with Crippen LogP contribution in [0.15, 0.2) is 30.3 Å². The standard InChI is InChI=1S/C18H17FN2O5/c1-10-9-25-17-15(21(10)18(23)24)8-13(16(20-17)26-11(2)22)7-12-3-5-14(19)6-4-12/h3-6,8,10H,7,9H2,1-2H3,(H,23,24)/t10-/m0/s1. The maximum absolute atomic E-state index is 13.1. The zero-order valence-electron chi connectivity index (χ0n) is 14.2. The first-order valence-corrected chi connectivity index (χ1v) is 7.97. The highest BCUT2D eigenvalue weighted by Crippen LogP contribution is 2.37. The fourth-order valence-corrected chi connectivity index (χ4v) is 2.77. The van der Waals surface area contributed by atoms with Gasteiger partial charge in [0.1, 0.15) is 18.1 Å². The number of carbonyl (C=O) groups is 2. The Morgan fingerprint density at radius 1 is 1.38 bits per heavy atom. The predicted octanol–water partition coefficient (Wildman–Crippen LogP) is 3.00. The first-order chi connectivity index (χ1) is 12.3. The first kappa shape index (κ1) is 17.7. The molecule has 1 amide bonds. The number of amides is 1. The number of halogens is 1. The third-order valence-corrected chi connectivity index (χ3v) is 3.92. The topological polar surface area (TPSA) is 89.0 Å². The number of carboxylic acid groups (broad SMARTS) is 1. The number of rotatable bonds is 3. The van der Waals surface area contributed by atoms with Crippen molar-refractivity contribution >= 4 is 17.7 Å². The van der Waals surface area contributed by atoms with E-state index in [1.165, 1.54) is 19.1 Å². The van der Waals surface area contributed by atoms with Crippen LogP contribution < -0.4 is 14.4 Å². The van der Waals surface area contributed by atoms with Crippen LogP contribution >= 0.6 is 0 Å². The predicted molar refractivity (Wildman–Crippen MR) is 90.2 cm³/mol. The van der Waals surface area contributed by atoms with Gasteiger partial charge in [-0.25, -0.2) is 9.18 Å². The number of aromatic nitrogens is 1. The van der Waals surface area contributed by atoms with E-state index in [2.05, 4.69) is 4.98 Å². The monoisotopic (exact) mass is 360 g/mol. The lowest BCUT2D eigenvalue weighted by Crippen LogP contribution is -2.44.